The highest BCUT2D eigenvalue weighted by Crippen LogP contribution is 2.38. The molecule has 1 aromatic heterocycles. The van der Waals surface area contributed by atoms with Crippen molar-refractivity contribution < 1.29 is 19.4 Å². The lowest BCUT2D eigenvalue weighted by Crippen LogP contribution is -2.52. The van der Waals surface area contributed by atoms with Crippen LogP contribution in [-0.4, -0.2) is 51.8 Å². The van der Waals surface area contributed by atoms with Crippen molar-refractivity contribution in [2.45, 2.75) is 71.6 Å². The monoisotopic (exact) mass is 429 g/mol. The van der Waals surface area contributed by atoms with E-state index in [0.717, 1.165) is 24.1 Å². The van der Waals surface area contributed by atoms with Crippen molar-refractivity contribution in [1.82, 2.24) is 15.2 Å². The van der Waals surface area contributed by atoms with Crippen molar-refractivity contribution in [1.29, 1.82) is 0 Å². The second-order valence-corrected chi connectivity index (χ2v) is 9.70. The number of carbonyl (C=O) groups is 2. The molecule has 1 aromatic carbocycles. The molecule has 0 radical (unpaired) electrons. The highest BCUT2D eigenvalue weighted by atomic mass is 16.6. The predicted octanol–water partition coefficient (Wildman–Crippen LogP) is 3.92. The molecule has 1 aliphatic heterocycles. The fourth-order valence-electron chi connectivity index (χ4n) is 4.31. The summed E-state index contributed by atoms with van der Waals surface area (Å²) in [6.07, 6.45) is 1.05. The molecule has 3 rings (SSSR count). The summed E-state index contributed by atoms with van der Waals surface area (Å²) in [5.74, 6) is 0.197. The number of carbonyl (C=O) groups excluding carboxylic acids is 2. The molecule has 0 fully saturated rings. The lowest BCUT2D eigenvalue weighted by atomic mass is 9.91. The standard InChI is InChI=1S/C24H35N3O4/c1-15(2)14-20-21-17(16-8-6-7-9-18(16)25-21)10-12-27(20)22(29)19(11-13-28)26-23(30)31-24(3,4)5/h6-9,15,19-20,25,28H,10-14H2,1-5H3,(H,26,30)/t19-,20?/m1/s1. The van der Waals surface area contributed by atoms with Gasteiger partial charge in [0, 0.05) is 29.7 Å². The maximum absolute atomic E-state index is 13.5. The van der Waals surface area contributed by atoms with Crippen LogP contribution in [0.5, 0.6) is 0 Å². The van der Waals surface area contributed by atoms with E-state index in [-0.39, 0.29) is 25.0 Å². The number of para-hydroxylation sites is 1. The van der Waals surface area contributed by atoms with E-state index >= 15 is 0 Å². The SMILES string of the molecule is CC(C)CC1c2[nH]c3ccccc3c2CCN1C(=O)[C@@H](CCO)NC(=O)OC(C)(C)C. The zero-order valence-corrected chi connectivity index (χ0v) is 19.2. The van der Waals surface area contributed by atoms with Crippen molar-refractivity contribution in [3.05, 3.63) is 35.5 Å². The minimum atomic E-state index is -0.833. The maximum atomic E-state index is 13.5. The molecule has 3 N–H and O–H groups in total. The number of hydrogen-bond donors (Lipinski definition) is 3. The van der Waals surface area contributed by atoms with Gasteiger partial charge in [0.05, 0.1) is 6.04 Å². The van der Waals surface area contributed by atoms with E-state index in [2.05, 4.69) is 36.3 Å². The minimum Gasteiger partial charge on any atom is -0.444 e. The smallest absolute Gasteiger partial charge is 0.408 e. The van der Waals surface area contributed by atoms with E-state index in [1.54, 1.807) is 20.8 Å². The summed E-state index contributed by atoms with van der Waals surface area (Å²) in [6, 6.07) is 7.28. The normalized spacial score (nSPS) is 17.5. The lowest BCUT2D eigenvalue weighted by Gasteiger charge is -2.39. The fraction of sp³-hybridized carbons (Fsp3) is 0.583. The fourth-order valence-corrected chi connectivity index (χ4v) is 4.31. The van der Waals surface area contributed by atoms with Gasteiger partial charge in [0.1, 0.15) is 11.6 Å². The molecular formula is C24H35N3O4. The van der Waals surface area contributed by atoms with Gasteiger partial charge in [-0.3, -0.25) is 4.79 Å². The Morgan fingerprint density at radius 1 is 1.29 bits per heavy atom. The Morgan fingerprint density at radius 2 is 2.00 bits per heavy atom. The first kappa shape index (κ1) is 23.1. The summed E-state index contributed by atoms with van der Waals surface area (Å²) in [4.78, 5) is 31.3. The van der Waals surface area contributed by atoms with Crippen LogP contribution in [0.1, 0.15) is 64.8 Å². The van der Waals surface area contributed by atoms with Crippen LogP contribution >= 0.6 is 0 Å². The average molecular weight is 430 g/mol. The van der Waals surface area contributed by atoms with Gasteiger partial charge in [-0.05, 0) is 57.6 Å². The molecule has 0 saturated heterocycles. The molecule has 7 heteroatoms. The number of nitrogens with zero attached hydrogens (tertiary/aromatic N) is 1. The molecule has 31 heavy (non-hydrogen) atoms. The van der Waals surface area contributed by atoms with E-state index in [0.29, 0.717) is 12.5 Å². The number of ether oxygens (including phenoxy) is 1. The van der Waals surface area contributed by atoms with Crippen molar-refractivity contribution in [3.8, 4) is 0 Å². The highest BCUT2D eigenvalue weighted by Gasteiger charge is 2.37. The molecule has 170 valence electrons. The third-order valence-electron chi connectivity index (χ3n) is 5.54. The maximum Gasteiger partial charge on any atom is 0.408 e. The number of benzene rings is 1. The molecule has 0 spiro atoms. The second kappa shape index (κ2) is 9.30. The van der Waals surface area contributed by atoms with Crippen LogP contribution in [0.15, 0.2) is 24.3 Å². The number of nitrogens with one attached hydrogen (secondary N) is 2. The van der Waals surface area contributed by atoms with Crippen LogP contribution in [0.4, 0.5) is 4.79 Å². The number of H-pyrrole nitrogens is 1. The first-order chi connectivity index (χ1) is 14.6. The number of rotatable bonds is 6. The van der Waals surface area contributed by atoms with Gasteiger partial charge in [-0.1, -0.05) is 32.0 Å². The third kappa shape index (κ3) is 5.39. The number of aromatic amines is 1. The van der Waals surface area contributed by atoms with Crippen LogP contribution in [-0.2, 0) is 16.0 Å². The minimum absolute atomic E-state index is 0.106. The van der Waals surface area contributed by atoms with Gasteiger partial charge in [0.2, 0.25) is 5.91 Å². The van der Waals surface area contributed by atoms with Crippen LogP contribution in [0.3, 0.4) is 0 Å². The Balaban J connectivity index is 1.89. The molecular weight excluding hydrogens is 394 g/mol. The Kier molecular flexibility index (Phi) is 6.94. The van der Waals surface area contributed by atoms with E-state index in [4.69, 9.17) is 4.74 Å². The first-order valence-electron chi connectivity index (χ1n) is 11.1. The highest BCUT2D eigenvalue weighted by molar-refractivity contribution is 5.88. The van der Waals surface area contributed by atoms with Crippen LogP contribution in [0.2, 0.25) is 0 Å². The quantitative estimate of drug-likeness (QED) is 0.649. The summed E-state index contributed by atoms with van der Waals surface area (Å²) in [5, 5.41) is 13.4. The molecule has 0 aliphatic carbocycles. The van der Waals surface area contributed by atoms with Gasteiger partial charge in [-0.25, -0.2) is 4.79 Å². The number of aromatic nitrogens is 1. The molecule has 0 bridgehead atoms. The summed E-state index contributed by atoms with van der Waals surface area (Å²) >= 11 is 0. The van der Waals surface area contributed by atoms with E-state index in [9.17, 15) is 14.7 Å². The number of aliphatic hydroxyl groups is 1. The van der Waals surface area contributed by atoms with Gasteiger partial charge in [-0.2, -0.15) is 0 Å². The lowest BCUT2D eigenvalue weighted by molar-refractivity contribution is -0.137. The van der Waals surface area contributed by atoms with Gasteiger partial charge in [0.25, 0.3) is 0 Å². The molecule has 2 aromatic rings. The van der Waals surface area contributed by atoms with Crippen LogP contribution < -0.4 is 5.32 Å². The molecule has 2 amide bonds. The molecule has 2 atom stereocenters. The van der Waals surface area contributed by atoms with Crippen molar-refractivity contribution in [2.75, 3.05) is 13.2 Å². The van der Waals surface area contributed by atoms with E-state index < -0.39 is 17.7 Å². The molecule has 1 unspecified atom stereocenters. The second-order valence-electron chi connectivity index (χ2n) is 9.70. The topological polar surface area (TPSA) is 94.7 Å². The number of fused-ring (bicyclic) bond motifs is 3. The van der Waals surface area contributed by atoms with Crippen molar-refractivity contribution >= 4 is 22.9 Å². The summed E-state index contributed by atoms with van der Waals surface area (Å²) in [7, 11) is 0. The largest absolute Gasteiger partial charge is 0.444 e. The summed E-state index contributed by atoms with van der Waals surface area (Å²) in [5.41, 5.74) is 2.76. The van der Waals surface area contributed by atoms with Gasteiger partial charge < -0.3 is 25.0 Å². The van der Waals surface area contributed by atoms with Gasteiger partial charge in [0.15, 0.2) is 0 Å². The Morgan fingerprint density at radius 3 is 2.65 bits per heavy atom. The molecule has 1 aliphatic rings. The Labute approximate surface area is 184 Å². The van der Waals surface area contributed by atoms with Gasteiger partial charge in [-0.15, -0.1) is 0 Å². The van der Waals surface area contributed by atoms with E-state index in [1.165, 1.54) is 10.9 Å². The van der Waals surface area contributed by atoms with Crippen LogP contribution in [0.25, 0.3) is 10.9 Å². The third-order valence-corrected chi connectivity index (χ3v) is 5.54. The summed E-state index contributed by atoms with van der Waals surface area (Å²) in [6.45, 7) is 9.98. The summed E-state index contributed by atoms with van der Waals surface area (Å²) < 4.78 is 5.33. The van der Waals surface area contributed by atoms with Crippen molar-refractivity contribution in [3.63, 3.8) is 0 Å². The zero-order valence-electron chi connectivity index (χ0n) is 19.2. The number of alkyl carbamates (subject to hydrolysis) is 1. The number of hydrogen-bond acceptors (Lipinski definition) is 4. The Hall–Kier alpha value is -2.54. The van der Waals surface area contributed by atoms with Gasteiger partial charge >= 0.3 is 6.09 Å². The van der Waals surface area contributed by atoms with Crippen LogP contribution in [0, 0.1) is 5.92 Å². The average Bonchev–Trinajstić information content (AvgIpc) is 3.05. The first-order valence-corrected chi connectivity index (χ1v) is 11.1. The molecule has 2 heterocycles. The zero-order chi connectivity index (χ0) is 22.8. The van der Waals surface area contributed by atoms with E-state index in [1.807, 2.05) is 17.0 Å². The number of aliphatic hydroxyl groups excluding tert-OH is 1. The number of amides is 2. The molecule has 0 saturated carbocycles. The van der Waals surface area contributed by atoms with Crippen molar-refractivity contribution in [2.24, 2.45) is 5.92 Å². The predicted molar refractivity (Wildman–Crippen MR) is 121 cm³/mol. The Bertz CT molecular complexity index is 929. The molecule has 7 nitrogen and oxygen atoms in total.